The third kappa shape index (κ3) is 3.86. The number of aryl methyl sites for hydroxylation is 1. The second-order valence-corrected chi connectivity index (χ2v) is 4.96. The molecule has 117 valence electrons. The SMILES string of the molecule is CC.Cc1nc(C2CCOCC2)nc(-c2[c]c#cc#c2)c1C=N. The molecule has 0 bridgehead atoms. The number of hydrogen-bond donors (Lipinski definition) is 1. The van der Waals surface area contributed by atoms with Crippen LogP contribution in [-0.4, -0.2) is 29.4 Å². The molecule has 2 heterocycles. The summed E-state index contributed by atoms with van der Waals surface area (Å²) in [5, 5.41) is 7.61. The van der Waals surface area contributed by atoms with E-state index in [4.69, 9.17) is 10.1 Å². The first-order valence-corrected chi connectivity index (χ1v) is 7.90. The van der Waals surface area contributed by atoms with Crippen molar-refractivity contribution in [2.24, 2.45) is 0 Å². The Hall–Kier alpha value is -2.43. The Balaban J connectivity index is 0.000000924. The number of hydrogen-bond acceptors (Lipinski definition) is 4. The summed E-state index contributed by atoms with van der Waals surface area (Å²) in [7, 11) is 0. The van der Waals surface area contributed by atoms with Gasteiger partial charge in [0.05, 0.1) is 23.0 Å². The lowest BCUT2D eigenvalue weighted by Crippen LogP contribution is -2.17. The fourth-order valence-corrected chi connectivity index (χ4v) is 2.47. The fraction of sp³-hybridized carbons (Fsp3) is 0.421. The Morgan fingerprint density at radius 1 is 1.13 bits per heavy atom. The van der Waals surface area contributed by atoms with Crippen molar-refractivity contribution in [3.8, 4) is 11.3 Å². The average molecular weight is 306 g/mol. The van der Waals surface area contributed by atoms with Crippen LogP contribution in [0.1, 0.15) is 49.7 Å². The summed E-state index contributed by atoms with van der Waals surface area (Å²) in [6.45, 7) is 7.39. The molecule has 0 unspecified atom stereocenters. The van der Waals surface area contributed by atoms with Gasteiger partial charge in [-0.3, -0.25) is 0 Å². The quantitative estimate of drug-likeness (QED) is 0.884. The van der Waals surface area contributed by atoms with Gasteiger partial charge >= 0.3 is 0 Å². The van der Waals surface area contributed by atoms with E-state index in [1.165, 1.54) is 6.21 Å². The summed E-state index contributed by atoms with van der Waals surface area (Å²) >= 11 is 0. The van der Waals surface area contributed by atoms with Crippen LogP contribution in [0.15, 0.2) is 0 Å². The maximum Gasteiger partial charge on any atom is 0.132 e. The van der Waals surface area contributed by atoms with Crippen LogP contribution < -0.4 is 0 Å². The minimum absolute atomic E-state index is 0.305. The van der Waals surface area contributed by atoms with Crippen molar-refractivity contribution in [2.45, 2.75) is 39.5 Å². The molecule has 1 aromatic carbocycles. The monoisotopic (exact) mass is 306 g/mol. The third-order valence-corrected chi connectivity index (χ3v) is 3.62. The molecule has 1 aromatic heterocycles. The summed E-state index contributed by atoms with van der Waals surface area (Å²) in [6, 6.07) is 14.0. The van der Waals surface area contributed by atoms with Crippen molar-refractivity contribution in [3.05, 3.63) is 47.4 Å². The van der Waals surface area contributed by atoms with E-state index in [0.29, 0.717) is 22.7 Å². The Morgan fingerprint density at radius 2 is 1.87 bits per heavy atom. The standard InChI is InChI=1S/C17H14N3O.C2H6/c1-12-15(11-18)16(13-5-3-2-4-6-13)20-17(19-12)14-7-9-21-10-8-14;1-2/h11,14,18H,7-10H2,1H3;1-2H3. The number of ether oxygens (including phenoxy) is 1. The molecule has 0 spiro atoms. The highest BCUT2D eigenvalue weighted by Gasteiger charge is 2.21. The van der Waals surface area contributed by atoms with Gasteiger partial charge in [0, 0.05) is 30.9 Å². The molecule has 0 atom stereocenters. The van der Waals surface area contributed by atoms with Gasteiger partial charge in [0.1, 0.15) is 5.82 Å². The molecule has 4 nitrogen and oxygen atoms in total. The zero-order valence-electron chi connectivity index (χ0n) is 13.8. The van der Waals surface area contributed by atoms with Crippen LogP contribution in [0.3, 0.4) is 0 Å². The van der Waals surface area contributed by atoms with Crippen molar-refractivity contribution in [3.63, 3.8) is 0 Å². The summed E-state index contributed by atoms with van der Waals surface area (Å²) in [6.07, 6.45) is 3.13. The molecule has 1 aliphatic rings. The van der Waals surface area contributed by atoms with Crippen molar-refractivity contribution >= 4 is 6.21 Å². The second kappa shape index (κ2) is 8.27. The van der Waals surface area contributed by atoms with Crippen LogP contribution >= 0.6 is 0 Å². The fourth-order valence-electron chi connectivity index (χ4n) is 2.47. The molecule has 1 aliphatic heterocycles. The molecule has 3 rings (SSSR count). The van der Waals surface area contributed by atoms with Gasteiger partial charge in [0.2, 0.25) is 0 Å². The lowest BCUT2D eigenvalue weighted by Gasteiger charge is -2.22. The van der Waals surface area contributed by atoms with Crippen LogP contribution in [0.4, 0.5) is 0 Å². The van der Waals surface area contributed by atoms with Gasteiger partial charge in [0.15, 0.2) is 0 Å². The van der Waals surface area contributed by atoms with Gasteiger partial charge in [-0.15, -0.1) is 0 Å². The van der Waals surface area contributed by atoms with E-state index in [1.54, 1.807) is 0 Å². The van der Waals surface area contributed by atoms with E-state index >= 15 is 0 Å². The van der Waals surface area contributed by atoms with E-state index in [2.05, 4.69) is 40.3 Å². The molecular formula is C19H20N3O. The van der Waals surface area contributed by atoms with Crippen LogP contribution in [0.2, 0.25) is 0 Å². The lowest BCUT2D eigenvalue weighted by atomic mass is 9.98. The average Bonchev–Trinajstić information content (AvgIpc) is 2.64. The molecule has 1 fully saturated rings. The number of rotatable bonds is 3. The van der Waals surface area contributed by atoms with E-state index < -0.39 is 0 Å². The first-order valence-electron chi connectivity index (χ1n) is 7.90. The molecular weight excluding hydrogens is 286 g/mol. The molecule has 0 aliphatic carbocycles. The molecule has 4 heteroatoms. The molecule has 23 heavy (non-hydrogen) atoms. The first kappa shape index (κ1) is 16.9. The normalized spacial score (nSPS) is 14.0. The molecule has 0 amide bonds. The maximum atomic E-state index is 7.61. The van der Waals surface area contributed by atoms with Gasteiger partial charge in [0.25, 0.3) is 0 Å². The smallest absolute Gasteiger partial charge is 0.132 e. The first-order chi connectivity index (χ1) is 11.3. The Morgan fingerprint density at radius 3 is 2.48 bits per heavy atom. The highest BCUT2D eigenvalue weighted by molar-refractivity contribution is 5.87. The highest BCUT2D eigenvalue weighted by Crippen LogP contribution is 2.28. The molecule has 1 saturated heterocycles. The largest absolute Gasteiger partial charge is 0.381 e. The highest BCUT2D eigenvalue weighted by atomic mass is 16.5. The molecule has 0 saturated carbocycles. The zero-order valence-corrected chi connectivity index (χ0v) is 13.8. The maximum absolute atomic E-state index is 7.61. The predicted molar refractivity (Wildman–Crippen MR) is 88.4 cm³/mol. The molecule has 2 aromatic rings. The predicted octanol–water partition coefficient (Wildman–Crippen LogP) is 3.37. The van der Waals surface area contributed by atoms with Gasteiger partial charge in [-0.25, -0.2) is 9.97 Å². The minimum atomic E-state index is 0.305. The number of nitrogens with one attached hydrogen (secondary N) is 1. The summed E-state index contributed by atoms with van der Waals surface area (Å²) in [4.78, 5) is 9.24. The van der Waals surface area contributed by atoms with Crippen LogP contribution in [0.5, 0.6) is 0 Å². The summed E-state index contributed by atoms with van der Waals surface area (Å²) < 4.78 is 5.39. The Bertz CT molecular complexity index is 635. The zero-order chi connectivity index (χ0) is 16.7. The topological polar surface area (TPSA) is 58.9 Å². The van der Waals surface area contributed by atoms with Gasteiger partial charge in [-0.1, -0.05) is 19.9 Å². The van der Waals surface area contributed by atoms with Crippen molar-refractivity contribution < 1.29 is 4.74 Å². The third-order valence-electron chi connectivity index (χ3n) is 3.62. The van der Waals surface area contributed by atoms with Crippen LogP contribution in [0.25, 0.3) is 11.3 Å². The van der Waals surface area contributed by atoms with Gasteiger partial charge in [-0.05, 0) is 38.0 Å². The Kier molecular flexibility index (Phi) is 6.09. The summed E-state index contributed by atoms with van der Waals surface area (Å²) in [5.74, 6) is 1.12. The van der Waals surface area contributed by atoms with Crippen molar-refractivity contribution in [2.75, 3.05) is 13.2 Å². The van der Waals surface area contributed by atoms with Gasteiger partial charge < -0.3 is 10.1 Å². The molecule has 1 N–H and O–H groups in total. The van der Waals surface area contributed by atoms with E-state index in [0.717, 1.165) is 37.6 Å². The van der Waals surface area contributed by atoms with E-state index in [-0.39, 0.29) is 0 Å². The lowest BCUT2D eigenvalue weighted by molar-refractivity contribution is 0.0835. The summed E-state index contributed by atoms with van der Waals surface area (Å²) in [5.41, 5.74) is 2.80. The molecule has 1 radical (unpaired) electrons. The van der Waals surface area contributed by atoms with Crippen molar-refractivity contribution in [1.82, 2.24) is 9.97 Å². The number of nitrogens with zero attached hydrogens (tertiary/aromatic N) is 2. The van der Waals surface area contributed by atoms with E-state index in [9.17, 15) is 0 Å². The van der Waals surface area contributed by atoms with Crippen molar-refractivity contribution in [1.29, 1.82) is 5.41 Å². The van der Waals surface area contributed by atoms with Gasteiger partial charge in [-0.2, -0.15) is 0 Å². The second-order valence-electron chi connectivity index (χ2n) is 4.96. The Labute approximate surface area is 138 Å². The van der Waals surface area contributed by atoms with E-state index in [1.807, 2.05) is 20.8 Å². The van der Waals surface area contributed by atoms with Crippen LogP contribution in [0, 0.1) is 42.7 Å². The van der Waals surface area contributed by atoms with Crippen LogP contribution in [-0.2, 0) is 4.74 Å². The minimum Gasteiger partial charge on any atom is -0.381 e. The number of aromatic nitrogens is 2.